The van der Waals surface area contributed by atoms with Crippen LogP contribution in [-0.2, 0) is 14.6 Å². The molecule has 0 aliphatic carbocycles. The minimum atomic E-state index is -2.94. The van der Waals surface area contributed by atoms with Crippen molar-refractivity contribution in [2.45, 2.75) is 25.4 Å². The van der Waals surface area contributed by atoms with Crippen LogP contribution >= 0.6 is 0 Å². The van der Waals surface area contributed by atoms with Crippen molar-refractivity contribution in [3.05, 3.63) is 0 Å². The summed E-state index contributed by atoms with van der Waals surface area (Å²) in [7, 11) is -1.28. The van der Waals surface area contributed by atoms with Gasteiger partial charge >= 0.3 is 0 Å². The van der Waals surface area contributed by atoms with Crippen LogP contribution in [0.4, 0.5) is 0 Å². The van der Waals surface area contributed by atoms with Crippen molar-refractivity contribution < 1.29 is 13.2 Å². The van der Waals surface area contributed by atoms with Gasteiger partial charge in [-0.1, -0.05) is 0 Å². The van der Waals surface area contributed by atoms with Crippen molar-refractivity contribution in [2.24, 2.45) is 4.99 Å². The summed E-state index contributed by atoms with van der Waals surface area (Å²) in [6, 6.07) is 0. The number of hydrogen-bond acceptors (Lipinski definition) is 4. The highest BCUT2D eigenvalue weighted by Gasteiger charge is 2.29. The summed E-state index contributed by atoms with van der Waals surface area (Å²) < 4.78 is 27.7. The maximum absolute atomic E-state index is 11.0. The summed E-state index contributed by atoms with van der Waals surface area (Å²) in [5.74, 6) is 0.706. The predicted octanol–water partition coefficient (Wildman–Crippen LogP) is -0.235. The van der Waals surface area contributed by atoms with Gasteiger partial charge in [-0.05, 0) is 19.8 Å². The van der Waals surface area contributed by atoms with E-state index >= 15 is 0 Å². The van der Waals surface area contributed by atoms with E-state index in [1.807, 2.05) is 0 Å². The monoisotopic (exact) mass is 277 g/mol. The summed E-state index contributed by atoms with van der Waals surface area (Å²) in [5.41, 5.74) is -0.144. The fraction of sp³-hybridized carbons (Fsp3) is 0.909. The smallest absolute Gasteiger partial charge is 0.191 e. The molecule has 18 heavy (non-hydrogen) atoms. The maximum Gasteiger partial charge on any atom is 0.191 e. The van der Waals surface area contributed by atoms with E-state index in [0.29, 0.717) is 19.0 Å². The minimum Gasteiger partial charge on any atom is -0.373 e. The zero-order valence-corrected chi connectivity index (χ0v) is 12.1. The number of aliphatic imine (C=N–C) groups is 1. The average molecular weight is 277 g/mol. The van der Waals surface area contributed by atoms with E-state index in [1.165, 1.54) is 6.26 Å². The van der Waals surface area contributed by atoms with Crippen molar-refractivity contribution in [3.63, 3.8) is 0 Å². The van der Waals surface area contributed by atoms with Gasteiger partial charge in [-0.2, -0.15) is 0 Å². The van der Waals surface area contributed by atoms with Crippen LogP contribution in [0.5, 0.6) is 0 Å². The third-order valence-corrected chi connectivity index (χ3v) is 3.86. The number of sulfone groups is 1. The molecular weight excluding hydrogens is 254 g/mol. The highest BCUT2D eigenvalue weighted by Crippen LogP contribution is 2.23. The Hall–Kier alpha value is -0.820. The van der Waals surface area contributed by atoms with Gasteiger partial charge in [-0.15, -0.1) is 0 Å². The first-order valence-corrected chi connectivity index (χ1v) is 8.17. The summed E-state index contributed by atoms with van der Waals surface area (Å²) in [6.07, 6.45) is 3.33. The molecule has 1 saturated heterocycles. The molecule has 1 heterocycles. The molecule has 0 saturated carbocycles. The topological polar surface area (TPSA) is 79.8 Å². The van der Waals surface area contributed by atoms with Crippen LogP contribution in [-0.4, -0.2) is 58.7 Å². The molecule has 0 aromatic rings. The van der Waals surface area contributed by atoms with Gasteiger partial charge in [0.1, 0.15) is 9.84 Å². The summed E-state index contributed by atoms with van der Waals surface area (Å²) >= 11 is 0. The van der Waals surface area contributed by atoms with Gasteiger partial charge in [0.2, 0.25) is 0 Å². The maximum atomic E-state index is 11.0. The Morgan fingerprint density at radius 1 is 1.44 bits per heavy atom. The molecule has 1 unspecified atom stereocenters. The zero-order chi connectivity index (χ0) is 13.6. The van der Waals surface area contributed by atoms with Crippen molar-refractivity contribution in [3.8, 4) is 0 Å². The van der Waals surface area contributed by atoms with Crippen LogP contribution in [0.15, 0.2) is 4.99 Å². The van der Waals surface area contributed by atoms with Crippen LogP contribution in [0.25, 0.3) is 0 Å². The van der Waals surface area contributed by atoms with Crippen molar-refractivity contribution in [1.29, 1.82) is 0 Å². The lowest BCUT2D eigenvalue weighted by Crippen LogP contribution is -2.46. The van der Waals surface area contributed by atoms with E-state index in [4.69, 9.17) is 4.74 Å². The molecule has 1 rings (SSSR count). The number of ether oxygens (including phenoxy) is 1. The lowest BCUT2D eigenvalue weighted by molar-refractivity contribution is 0.0243. The quantitative estimate of drug-likeness (QED) is 0.536. The molecule has 1 fully saturated rings. The normalized spacial score (nSPS) is 25.2. The van der Waals surface area contributed by atoms with E-state index in [1.54, 1.807) is 7.05 Å². The molecular formula is C11H23N3O3S. The van der Waals surface area contributed by atoms with E-state index in [2.05, 4.69) is 22.5 Å². The third-order valence-electron chi connectivity index (χ3n) is 2.92. The Balaban J connectivity index is 2.30. The summed E-state index contributed by atoms with van der Waals surface area (Å²) in [6.45, 7) is 3.90. The van der Waals surface area contributed by atoms with Crippen molar-refractivity contribution >= 4 is 15.8 Å². The predicted molar refractivity (Wildman–Crippen MR) is 72.7 cm³/mol. The Morgan fingerprint density at radius 2 is 2.17 bits per heavy atom. The number of hydrogen-bond donors (Lipinski definition) is 2. The van der Waals surface area contributed by atoms with Gasteiger partial charge in [0.15, 0.2) is 5.96 Å². The molecule has 6 nitrogen and oxygen atoms in total. The lowest BCUT2D eigenvalue weighted by Gasteiger charge is -2.24. The fourth-order valence-corrected chi connectivity index (χ4v) is 2.30. The van der Waals surface area contributed by atoms with Crippen LogP contribution in [0.2, 0.25) is 0 Å². The summed E-state index contributed by atoms with van der Waals surface area (Å²) in [5, 5.41) is 6.13. The first-order valence-electron chi connectivity index (χ1n) is 6.11. The number of guanidine groups is 1. The molecule has 2 N–H and O–H groups in total. The molecule has 0 spiro atoms. The number of rotatable bonds is 5. The Bertz CT molecular complexity index is 386. The second-order valence-corrected chi connectivity index (χ2v) is 7.14. The highest BCUT2D eigenvalue weighted by atomic mass is 32.2. The van der Waals surface area contributed by atoms with Crippen LogP contribution in [0, 0.1) is 0 Å². The van der Waals surface area contributed by atoms with Gasteiger partial charge in [0.05, 0.1) is 11.4 Å². The molecule has 0 radical (unpaired) electrons. The molecule has 7 heteroatoms. The Morgan fingerprint density at radius 3 is 2.67 bits per heavy atom. The standard InChI is InChI=1S/C11H23N3O3S/c1-11(5-4-7-17-11)9-14-10(12-2)13-6-8-18(3,15)16/h4-9H2,1-3H3,(H2,12,13,14). The van der Waals surface area contributed by atoms with Crippen LogP contribution < -0.4 is 10.6 Å². The Labute approximate surface area is 109 Å². The SMILES string of the molecule is CN=C(NCCS(C)(=O)=O)NCC1(C)CCCO1. The number of nitrogens with zero attached hydrogens (tertiary/aromatic N) is 1. The highest BCUT2D eigenvalue weighted by molar-refractivity contribution is 7.90. The van der Waals surface area contributed by atoms with Gasteiger partial charge in [-0.25, -0.2) is 8.42 Å². The second kappa shape index (κ2) is 6.38. The van der Waals surface area contributed by atoms with Gasteiger partial charge in [-0.3, -0.25) is 4.99 Å². The zero-order valence-electron chi connectivity index (χ0n) is 11.3. The summed E-state index contributed by atoms with van der Waals surface area (Å²) in [4.78, 5) is 4.04. The van der Waals surface area contributed by atoms with Gasteiger partial charge in [0.25, 0.3) is 0 Å². The third kappa shape index (κ3) is 5.68. The molecule has 0 aromatic heterocycles. The van der Waals surface area contributed by atoms with Gasteiger partial charge in [0, 0.05) is 33.0 Å². The van der Waals surface area contributed by atoms with Crippen LogP contribution in [0.3, 0.4) is 0 Å². The molecule has 1 aliphatic heterocycles. The minimum absolute atomic E-state index is 0.0987. The fourth-order valence-electron chi connectivity index (χ4n) is 1.82. The van der Waals surface area contributed by atoms with E-state index in [-0.39, 0.29) is 11.4 Å². The van der Waals surface area contributed by atoms with Crippen molar-refractivity contribution in [1.82, 2.24) is 10.6 Å². The second-order valence-electron chi connectivity index (χ2n) is 4.88. The number of nitrogens with one attached hydrogen (secondary N) is 2. The van der Waals surface area contributed by atoms with E-state index in [9.17, 15) is 8.42 Å². The average Bonchev–Trinajstić information content (AvgIpc) is 2.69. The molecule has 0 bridgehead atoms. The first-order chi connectivity index (χ1) is 8.35. The molecule has 0 aromatic carbocycles. The van der Waals surface area contributed by atoms with Crippen LogP contribution in [0.1, 0.15) is 19.8 Å². The van der Waals surface area contributed by atoms with E-state index in [0.717, 1.165) is 19.4 Å². The van der Waals surface area contributed by atoms with E-state index < -0.39 is 9.84 Å². The largest absolute Gasteiger partial charge is 0.373 e. The molecule has 0 amide bonds. The molecule has 1 atom stereocenters. The Kier molecular flexibility index (Phi) is 5.40. The lowest BCUT2D eigenvalue weighted by atomic mass is 10.0. The van der Waals surface area contributed by atoms with Gasteiger partial charge < -0.3 is 15.4 Å². The van der Waals surface area contributed by atoms with Crippen molar-refractivity contribution in [2.75, 3.05) is 38.8 Å². The molecule has 106 valence electrons. The molecule has 1 aliphatic rings. The first kappa shape index (κ1) is 15.2.